The lowest BCUT2D eigenvalue weighted by atomic mass is 10.1. The van der Waals surface area contributed by atoms with Crippen molar-refractivity contribution in [3.63, 3.8) is 0 Å². The molecule has 17 heavy (non-hydrogen) atoms. The molecule has 1 aromatic heterocycles. The van der Waals surface area contributed by atoms with E-state index < -0.39 is 9.84 Å². The molecule has 0 bridgehead atoms. The van der Waals surface area contributed by atoms with Crippen LogP contribution in [0.5, 0.6) is 0 Å². The van der Waals surface area contributed by atoms with Gasteiger partial charge in [-0.1, -0.05) is 6.92 Å². The molecule has 0 amide bonds. The molecular formula is C10H17N3O3S. The van der Waals surface area contributed by atoms with Crippen LogP contribution in [0.3, 0.4) is 0 Å². The number of aromatic nitrogens is 2. The van der Waals surface area contributed by atoms with Crippen molar-refractivity contribution in [1.82, 2.24) is 15.5 Å². The summed E-state index contributed by atoms with van der Waals surface area (Å²) < 4.78 is 28.3. The fraction of sp³-hybridized carbons (Fsp3) is 0.800. The van der Waals surface area contributed by atoms with Crippen molar-refractivity contribution >= 4 is 9.84 Å². The third-order valence-electron chi connectivity index (χ3n) is 3.09. The molecule has 7 heteroatoms. The average molecular weight is 259 g/mol. The predicted octanol–water partition coefficient (Wildman–Crippen LogP) is 0.642. The van der Waals surface area contributed by atoms with Gasteiger partial charge >= 0.3 is 0 Å². The Morgan fingerprint density at radius 1 is 1.53 bits per heavy atom. The Hall–Kier alpha value is -0.950. The van der Waals surface area contributed by atoms with E-state index in [9.17, 15) is 8.42 Å². The predicted molar refractivity (Wildman–Crippen MR) is 62.4 cm³/mol. The van der Waals surface area contributed by atoms with Crippen molar-refractivity contribution < 1.29 is 12.8 Å². The average Bonchev–Trinajstić information content (AvgIpc) is 2.87. The van der Waals surface area contributed by atoms with E-state index in [-0.39, 0.29) is 23.5 Å². The molecule has 0 saturated carbocycles. The van der Waals surface area contributed by atoms with Gasteiger partial charge in [-0.15, -0.1) is 10.2 Å². The van der Waals surface area contributed by atoms with Crippen LogP contribution in [0.25, 0.3) is 0 Å². The van der Waals surface area contributed by atoms with E-state index >= 15 is 0 Å². The highest BCUT2D eigenvalue weighted by Crippen LogP contribution is 2.28. The molecule has 0 radical (unpaired) electrons. The molecule has 1 aromatic rings. The summed E-state index contributed by atoms with van der Waals surface area (Å²) in [5.74, 6) is 1.21. The number of hydrogen-bond donors (Lipinski definition) is 1. The Morgan fingerprint density at radius 2 is 2.29 bits per heavy atom. The van der Waals surface area contributed by atoms with Gasteiger partial charge in [0.2, 0.25) is 11.8 Å². The van der Waals surface area contributed by atoms with Gasteiger partial charge in [-0.25, -0.2) is 8.42 Å². The normalized spacial score (nSPS) is 24.9. The number of nitrogens with zero attached hydrogens (tertiary/aromatic N) is 2. The summed E-state index contributed by atoms with van der Waals surface area (Å²) in [6.45, 7) is 2.02. The SMILES string of the molecule is CCC(NC)c1nnc(C2CCS(=O)(=O)C2)o1. The largest absolute Gasteiger partial charge is 0.423 e. The number of sulfone groups is 1. The summed E-state index contributed by atoms with van der Waals surface area (Å²) in [5, 5.41) is 11.0. The maximum atomic E-state index is 11.4. The standard InChI is InChI=1S/C10H17N3O3S/c1-3-8(11-2)10-13-12-9(16-10)7-4-5-17(14,15)6-7/h7-8,11H,3-6H2,1-2H3. The highest BCUT2D eigenvalue weighted by Gasteiger charge is 2.33. The minimum Gasteiger partial charge on any atom is -0.423 e. The molecule has 2 atom stereocenters. The summed E-state index contributed by atoms with van der Waals surface area (Å²) in [5.41, 5.74) is 0. The molecule has 1 aliphatic heterocycles. The summed E-state index contributed by atoms with van der Waals surface area (Å²) in [6.07, 6.45) is 1.43. The van der Waals surface area contributed by atoms with Gasteiger partial charge in [-0.3, -0.25) is 0 Å². The topological polar surface area (TPSA) is 85.1 Å². The third-order valence-corrected chi connectivity index (χ3v) is 4.86. The first-order chi connectivity index (χ1) is 8.05. The van der Waals surface area contributed by atoms with E-state index in [4.69, 9.17) is 4.42 Å². The van der Waals surface area contributed by atoms with E-state index in [2.05, 4.69) is 15.5 Å². The van der Waals surface area contributed by atoms with E-state index in [0.29, 0.717) is 18.2 Å². The lowest BCUT2D eigenvalue weighted by Crippen LogP contribution is -2.15. The van der Waals surface area contributed by atoms with Crippen LogP contribution < -0.4 is 5.32 Å². The van der Waals surface area contributed by atoms with Crippen LogP contribution in [0.4, 0.5) is 0 Å². The van der Waals surface area contributed by atoms with Gasteiger partial charge in [0, 0.05) is 0 Å². The van der Waals surface area contributed by atoms with Crippen molar-refractivity contribution in [3.8, 4) is 0 Å². The molecule has 1 saturated heterocycles. The van der Waals surface area contributed by atoms with Gasteiger partial charge in [-0.05, 0) is 19.9 Å². The first-order valence-electron chi connectivity index (χ1n) is 5.76. The molecule has 2 rings (SSSR count). The number of nitrogens with one attached hydrogen (secondary N) is 1. The van der Waals surface area contributed by atoms with Crippen molar-refractivity contribution in [2.24, 2.45) is 0 Å². The van der Waals surface area contributed by atoms with Crippen LogP contribution in [0, 0.1) is 0 Å². The molecule has 0 spiro atoms. The monoisotopic (exact) mass is 259 g/mol. The maximum Gasteiger partial charge on any atom is 0.233 e. The molecule has 2 heterocycles. The fourth-order valence-electron chi connectivity index (χ4n) is 2.04. The van der Waals surface area contributed by atoms with Crippen molar-refractivity contribution in [2.45, 2.75) is 31.7 Å². The molecule has 0 aliphatic carbocycles. The van der Waals surface area contributed by atoms with Gasteiger partial charge in [-0.2, -0.15) is 0 Å². The molecule has 2 unspecified atom stereocenters. The van der Waals surface area contributed by atoms with Crippen LogP contribution in [0.1, 0.15) is 43.5 Å². The van der Waals surface area contributed by atoms with Crippen LogP contribution in [0.2, 0.25) is 0 Å². The molecule has 1 fully saturated rings. The third kappa shape index (κ3) is 2.66. The second-order valence-electron chi connectivity index (χ2n) is 4.33. The van der Waals surface area contributed by atoms with Crippen LogP contribution >= 0.6 is 0 Å². The van der Waals surface area contributed by atoms with E-state index in [0.717, 1.165) is 6.42 Å². The Kier molecular flexibility index (Phi) is 3.48. The number of hydrogen-bond acceptors (Lipinski definition) is 6. The zero-order valence-electron chi connectivity index (χ0n) is 10.0. The van der Waals surface area contributed by atoms with Crippen LogP contribution in [-0.2, 0) is 9.84 Å². The van der Waals surface area contributed by atoms with Crippen LogP contribution in [-0.4, -0.2) is 37.2 Å². The molecular weight excluding hydrogens is 242 g/mol. The van der Waals surface area contributed by atoms with Gasteiger partial charge in [0.1, 0.15) is 0 Å². The van der Waals surface area contributed by atoms with Gasteiger partial charge in [0.05, 0.1) is 23.5 Å². The molecule has 1 aliphatic rings. The Morgan fingerprint density at radius 3 is 2.82 bits per heavy atom. The lowest BCUT2D eigenvalue weighted by molar-refractivity contribution is 0.374. The molecule has 0 aromatic carbocycles. The van der Waals surface area contributed by atoms with Gasteiger partial charge in [0.25, 0.3) is 0 Å². The highest BCUT2D eigenvalue weighted by molar-refractivity contribution is 7.91. The zero-order chi connectivity index (χ0) is 12.5. The van der Waals surface area contributed by atoms with Crippen LogP contribution in [0.15, 0.2) is 4.42 Å². The Bertz CT molecular complexity index is 479. The Labute approximate surface area is 101 Å². The summed E-state index contributed by atoms with van der Waals surface area (Å²) in [7, 11) is -1.08. The van der Waals surface area contributed by atoms with Gasteiger partial charge < -0.3 is 9.73 Å². The van der Waals surface area contributed by atoms with Crippen molar-refractivity contribution in [2.75, 3.05) is 18.6 Å². The van der Waals surface area contributed by atoms with Crippen molar-refractivity contribution in [1.29, 1.82) is 0 Å². The minimum absolute atomic E-state index is 0.0364. The molecule has 6 nitrogen and oxygen atoms in total. The summed E-state index contributed by atoms with van der Waals surface area (Å²) in [6, 6.07) is 0.0364. The Balaban J connectivity index is 2.14. The van der Waals surface area contributed by atoms with E-state index in [1.807, 2.05) is 14.0 Å². The molecule has 96 valence electrons. The molecule has 1 N–H and O–H groups in total. The van der Waals surface area contributed by atoms with E-state index in [1.54, 1.807) is 0 Å². The van der Waals surface area contributed by atoms with E-state index in [1.165, 1.54) is 0 Å². The lowest BCUT2D eigenvalue weighted by Gasteiger charge is -2.07. The first-order valence-corrected chi connectivity index (χ1v) is 7.59. The highest BCUT2D eigenvalue weighted by atomic mass is 32.2. The summed E-state index contributed by atoms with van der Waals surface area (Å²) >= 11 is 0. The smallest absolute Gasteiger partial charge is 0.233 e. The summed E-state index contributed by atoms with van der Waals surface area (Å²) in [4.78, 5) is 0. The number of rotatable bonds is 4. The maximum absolute atomic E-state index is 11.4. The minimum atomic E-state index is -2.91. The second kappa shape index (κ2) is 4.73. The quantitative estimate of drug-likeness (QED) is 0.854. The zero-order valence-corrected chi connectivity index (χ0v) is 10.8. The first kappa shape index (κ1) is 12.5. The second-order valence-corrected chi connectivity index (χ2v) is 6.56. The fourth-order valence-corrected chi connectivity index (χ4v) is 3.78. The van der Waals surface area contributed by atoms with Crippen molar-refractivity contribution in [3.05, 3.63) is 11.8 Å². The van der Waals surface area contributed by atoms with Gasteiger partial charge in [0.15, 0.2) is 9.84 Å².